The number of ether oxygens (including phenoxy) is 3. The minimum Gasteiger partial charge on any atom is -0.446 e. The lowest BCUT2D eigenvalue weighted by Gasteiger charge is -2.26. The molecule has 7 heteroatoms. The molecule has 2 amide bonds. The van der Waals surface area contributed by atoms with E-state index >= 15 is 0 Å². The Bertz CT molecular complexity index is 1500. The molecule has 0 aromatic heterocycles. The summed E-state index contributed by atoms with van der Waals surface area (Å²) in [5, 5.41) is 12.0. The maximum atomic E-state index is 13.9. The fourth-order valence-corrected chi connectivity index (χ4v) is 5.50. The second-order valence-corrected chi connectivity index (χ2v) is 9.83. The van der Waals surface area contributed by atoms with E-state index < -0.39 is 24.3 Å². The standard InChI is InChI=1S/C32H29NO6/c34-19-21-10-13-26(28(16-21)31-37-14-15-38-31)27(25-12-11-22-6-4-5-9-24(22)17-25)18-30(35)33-29(20-39-32(33)36)23-7-2-1-3-8-23/h1-13,16-17,27,29,31,34H,14-15,18-20H2/t27?,29-/m0/s1. The number of carbonyl (C=O) groups excluding carboxylic acids is 2. The van der Waals surface area contributed by atoms with E-state index in [0.29, 0.717) is 13.2 Å². The zero-order valence-electron chi connectivity index (χ0n) is 21.4. The highest BCUT2D eigenvalue weighted by atomic mass is 16.7. The number of hydrogen-bond donors (Lipinski definition) is 1. The summed E-state index contributed by atoms with van der Waals surface area (Å²) in [6, 6.07) is 28.9. The molecule has 0 radical (unpaired) electrons. The van der Waals surface area contributed by atoms with Gasteiger partial charge in [0.05, 0.1) is 19.8 Å². The molecule has 4 aromatic carbocycles. The van der Waals surface area contributed by atoms with Crippen LogP contribution in [0.15, 0.2) is 91.0 Å². The molecule has 6 rings (SSSR count). The minimum absolute atomic E-state index is 0.0367. The number of carbonyl (C=O) groups is 2. The van der Waals surface area contributed by atoms with E-state index in [4.69, 9.17) is 14.2 Å². The average Bonchev–Trinajstić information content (AvgIpc) is 3.66. The topological polar surface area (TPSA) is 85.3 Å². The van der Waals surface area contributed by atoms with E-state index in [1.165, 1.54) is 4.90 Å². The number of amides is 2. The normalized spacial score (nSPS) is 18.4. The van der Waals surface area contributed by atoms with Crippen molar-refractivity contribution >= 4 is 22.8 Å². The van der Waals surface area contributed by atoms with Gasteiger partial charge in [-0.25, -0.2) is 9.69 Å². The van der Waals surface area contributed by atoms with Crippen LogP contribution in [0.25, 0.3) is 10.8 Å². The molecule has 7 nitrogen and oxygen atoms in total. The lowest BCUT2D eigenvalue weighted by molar-refractivity contribution is -0.129. The van der Waals surface area contributed by atoms with Gasteiger partial charge < -0.3 is 19.3 Å². The van der Waals surface area contributed by atoms with Crippen LogP contribution in [-0.4, -0.2) is 41.8 Å². The highest BCUT2D eigenvalue weighted by Crippen LogP contribution is 2.39. The first kappa shape index (κ1) is 25.2. The molecule has 1 N–H and O–H groups in total. The third kappa shape index (κ3) is 5.04. The Morgan fingerprint density at radius 2 is 1.64 bits per heavy atom. The molecule has 2 aliphatic heterocycles. The van der Waals surface area contributed by atoms with Gasteiger partial charge in [-0.05, 0) is 39.1 Å². The van der Waals surface area contributed by atoms with E-state index in [2.05, 4.69) is 6.07 Å². The van der Waals surface area contributed by atoms with Gasteiger partial charge in [-0.15, -0.1) is 0 Å². The second-order valence-electron chi connectivity index (χ2n) is 9.83. The predicted molar refractivity (Wildman–Crippen MR) is 145 cm³/mol. The van der Waals surface area contributed by atoms with Crippen LogP contribution in [0.5, 0.6) is 0 Å². The first-order valence-electron chi connectivity index (χ1n) is 13.1. The second kappa shape index (κ2) is 11.0. The molecule has 2 heterocycles. The SMILES string of the molecule is O=C(CC(c1ccc2ccccc2c1)c1ccc(CO)cc1C1OCCO1)N1C(=O)OC[C@H]1c1ccccc1. The first-order chi connectivity index (χ1) is 19.1. The fourth-order valence-electron chi connectivity index (χ4n) is 5.50. The van der Waals surface area contributed by atoms with Gasteiger partial charge in [0.1, 0.15) is 12.6 Å². The molecule has 0 bridgehead atoms. The van der Waals surface area contributed by atoms with Crippen molar-refractivity contribution in [2.45, 2.75) is 31.3 Å². The molecule has 2 fully saturated rings. The van der Waals surface area contributed by atoms with Crippen LogP contribution < -0.4 is 0 Å². The molecular weight excluding hydrogens is 494 g/mol. The number of rotatable bonds is 7. The van der Waals surface area contributed by atoms with E-state index in [1.54, 1.807) is 0 Å². The summed E-state index contributed by atoms with van der Waals surface area (Å²) in [5.74, 6) is -0.725. The van der Waals surface area contributed by atoms with E-state index in [1.807, 2.05) is 84.9 Å². The Hall–Kier alpha value is -4.04. The molecule has 198 valence electrons. The number of hydrogen-bond acceptors (Lipinski definition) is 6. The zero-order chi connectivity index (χ0) is 26.8. The molecule has 4 aromatic rings. The Labute approximate surface area is 226 Å². The number of aliphatic hydroxyl groups is 1. The highest BCUT2D eigenvalue weighted by molar-refractivity contribution is 5.94. The number of fused-ring (bicyclic) bond motifs is 1. The number of imide groups is 1. The monoisotopic (exact) mass is 523 g/mol. The molecule has 2 aliphatic rings. The Balaban J connectivity index is 1.43. The Morgan fingerprint density at radius 3 is 2.41 bits per heavy atom. The van der Waals surface area contributed by atoms with Crippen molar-refractivity contribution in [3.63, 3.8) is 0 Å². The van der Waals surface area contributed by atoms with Gasteiger partial charge in [0.15, 0.2) is 6.29 Å². The lowest BCUT2D eigenvalue weighted by Crippen LogP contribution is -2.35. The van der Waals surface area contributed by atoms with E-state index in [9.17, 15) is 14.7 Å². The van der Waals surface area contributed by atoms with Crippen molar-refractivity contribution in [2.75, 3.05) is 19.8 Å². The van der Waals surface area contributed by atoms with Gasteiger partial charge >= 0.3 is 6.09 Å². The summed E-state index contributed by atoms with van der Waals surface area (Å²) in [7, 11) is 0. The number of cyclic esters (lactones) is 1. The maximum absolute atomic E-state index is 13.9. The molecule has 39 heavy (non-hydrogen) atoms. The van der Waals surface area contributed by atoms with Crippen LogP contribution in [0.4, 0.5) is 4.79 Å². The van der Waals surface area contributed by atoms with Crippen molar-refractivity contribution < 1.29 is 28.9 Å². The van der Waals surface area contributed by atoms with Gasteiger partial charge in [-0.3, -0.25) is 4.79 Å². The van der Waals surface area contributed by atoms with Crippen molar-refractivity contribution in [2.24, 2.45) is 0 Å². The fraction of sp³-hybridized carbons (Fsp3) is 0.250. The highest BCUT2D eigenvalue weighted by Gasteiger charge is 2.40. The van der Waals surface area contributed by atoms with E-state index in [-0.39, 0.29) is 25.5 Å². The van der Waals surface area contributed by atoms with Crippen molar-refractivity contribution in [1.29, 1.82) is 0 Å². The van der Waals surface area contributed by atoms with E-state index in [0.717, 1.165) is 38.6 Å². The quantitative estimate of drug-likeness (QED) is 0.339. The van der Waals surface area contributed by atoms with Crippen LogP contribution in [0.3, 0.4) is 0 Å². The number of nitrogens with zero attached hydrogens (tertiary/aromatic N) is 1. The molecule has 2 saturated heterocycles. The molecule has 2 atom stereocenters. The first-order valence-corrected chi connectivity index (χ1v) is 13.1. The van der Waals surface area contributed by atoms with Crippen molar-refractivity contribution in [3.05, 3.63) is 119 Å². The smallest absolute Gasteiger partial charge is 0.417 e. The number of aliphatic hydroxyl groups excluding tert-OH is 1. The third-order valence-corrected chi connectivity index (χ3v) is 7.47. The van der Waals surface area contributed by atoms with Crippen LogP contribution in [0.1, 0.15) is 52.5 Å². The molecule has 1 unspecified atom stereocenters. The average molecular weight is 524 g/mol. The van der Waals surface area contributed by atoms with Crippen LogP contribution in [0, 0.1) is 0 Å². The molecule has 0 aliphatic carbocycles. The van der Waals surface area contributed by atoms with Gasteiger partial charge in [0, 0.05) is 17.9 Å². The van der Waals surface area contributed by atoms with Gasteiger partial charge in [-0.2, -0.15) is 0 Å². The summed E-state index contributed by atoms with van der Waals surface area (Å²) in [4.78, 5) is 28.0. The van der Waals surface area contributed by atoms with Crippen LogP contribution >= 0.6 is 0 Å². The number of benzene rings is 4. The summed E-state index contributed by atoms with van der Waals surface area (Å²) in [6.07, 6.45) is -1.20. The Kier molecular flexibility index (Phi) is 7.11. The molecular formula is C32H29NO6. The lowest BCUT2D eigenvalue weighted by atomic mass is 9.83. The Morgan fingerprint density at radius 1 is 0.897 bits per heavy atom. The van der Waals surface area contributed by atoms with Crippen molar-refractivity contribution in [1.82, 2.24) is 4.90 Å². The summed E-state index contributed by atoms with van der Waals surface area (Å²) in [5.41, 5.74) is 4.13. The summed E-state index contributed by atoms with van der Waals surface area (Å²) >= 11 is 0. The maximum Gasteiger partial charge on any atom is 0.417 e. The molecule has 0 spiro atoms. The third-order valence-electron chi connectivity index (χ3n) is 7.47. The van der Waals surface area contributed by atoms with Gasteiger partial charge in [0.2, 0.25) is 5.91 Å². The van der Waals surface area contributed by atoms with Crippen molar-refractivity contribution in [3.8, 4) is 0 Å². The largest absolute Gasteiger partial charge is 0.446 e. The van der Waals surface area contributed by atoms with Crippen LogP contribution in [-0.2, 0) is 25.6 Å². The summed E-state index contributed by atoms with van der Waals surface area (Å²) < 4.78 is 17.1. The van der Waals surface area contributed by atoms with Gasteiger partial charge in [0.25, 0.3) is 0 Å². The van der Waals surface area contributed by atoms with Crippen LogP contribution in [0.2, 0.25) is 0 Å². The predicted octanol–water partition coefficient (Wildman–Crippen LogP) is 5.62. The zero-order valence-corrected chi connectivity index (χ0v) is 21.4. The summed E-state index contributed by atoms with van der Waals surface area (Å²) in [6.45, 7) is 0.921. The molecule has 0 saturated carbocycles. The minimum atomic E-state index is -0.635. The van der Waals surface area contributed by atoms with Gasteiger partial charge in [-0.1, -0.05) is 84.9 Å².